The lowest BCUT2D eigenvalue weighted by Crippen LogP contribution is -1.90. The van der Waals surface area contributed by atoms with Gasteiger partial charge >= 0.3 is 0 Å². The van der Waals surface area contributed by atoms with Gasteiger partial charge in [-0.2, -0.15) is 5.10 Å². The third-order valence-electron chi connectivity index (χ3n) is 3.97. The average molecular weight is 501 g/mol. The highest BCUT2D eigenvalue weighted by atomic mass is 35.5. The molecule has 4 nitrogen and oxygen atoms in total. The normalized spacial score (nSPS) is 11.4. The molecule has 0 fully saturated rings. The van der Waals surface area contributed by atoms with E-state index in [9.17, 15) is 4.39 Å². The Labute approximate surface area is 194 Å². The third kappa shape index (κ3) is 4.63. The van der Waals surface area contributed by atoms with E-state index in [0.29, 0.717) is 43.0 Å². The van der Waals surface area contributed by atoms with Crippen LogP contribution < -0.4 is 5.43 Å². The minimum atomic E-state index is -0.564. The van der Waals surface area contributed by atoms with Crippen molar-refractivity contribution in [3.8, 4) is 22.6 Å². The number of benzene rings is 2. The highest BCUT2D eigenvalue weighted by Crippen LogP contribution is 2.34. The number of hydrazone groups is 1. The molecule has 0 aliphatic carbocycles. The van der Waals surface area contributed by atoms with Gasteiger partial charge in [-0.15, -0.1) is 11.3 Å². The minimum Gasteiger partial charge on any atom is -0.455 e. The molecule has 2 heterocycles. The summed E-state index contributed by atoms with van der Waals surface area (Å²) >= 11 is 25.3. The van der Waals surface area contributed by atoms with Crippen molar-refractivity contribution in [3.05, 3.63) is 79.5 Å². The van der Waals surface area contributed by atoms with Crippen LogP contribution in [0.5, 0.6) is 0 Å². The van der Waals surface area contributed by atoms with Crippen LogP contribution in [-0.2, 0) is 0 Å². The number of thiazole rings is 1. The summed E-state index contributed by atoms with van der Waals surface area (Å²) in [4.78, 5) is 4.35. The third-order valence-corrected chi connectivity index (χ3v) is 5.86. The molecule has 0 aliphatic heterocycles. The maximum Gasteiger partial charge on any atom is 0.203 e. The Morgan fingerprint density at radius 3 is 2.57 bits per heavy atom. The summed E-state index contributed by atoms with van der Waals surface area (Å²) in [6, 6.07) is 11.3. The second-order valence-electron chi connectivity index (χ2n) is 5.98. The van der Waals surface area contributed by atoms with Crippen molar-refractivity contribution in [2.45, 2.75) is 0 Å². The van der Waals surface area contributed by atoms with Crippen LogP contribution in [0.25, 0.3) is 22.6 Å². The summed E-state index contributed by atoms with van der Waals surface area (Å²) in [5.74, 6) is 0.545. The van der Waals surface area contributed by atoms with E-state index in [1.807, 2.05) is 0 Å². The number of rotatable bonds is 5. The zero-order chi connectivity index (χ0) is 21.3. The fourth-order valence-electron chi connectivity index (χ4n) is 2.58. The van der Waals surface area contributed by atoms with Crippen molar-refractivity contribution < 1.29 is 8.81 Å². The van der Waals surface area contributed by atoms with E-state index in [-0.39, 0.29) is 5.02 Å². The zero-order valence-corrected chi connectivity index (χ0v) is 18.6. The predicted molar refractivity (Wildman–Crippen MR) is 123 cm³/mol. The van der Waals surface area contributed by atoms with Crippen LogP contribution in [0.2, 0.25) is 20.1 Å². The minimum absolute atomic E-state index is 0.0420. The standard InChI is InChI=1S/C20H10Cl4FN3OS/c21-10-1-3-12(14(22)5-10)19-4-2-11(29-19)8-26-28-20-27-18(9-30-20)13-6-17(25)16(24)7-15(13)23/h1-9H,(H,27,28)/b26-8+. The van der Waals surface area contributed by atoms with Crippen LogP contribution in [0.3, 0.4) is 0 Å². The van der Waals surface area contributed by atoms with Crippen LogP contribution in [0.1, 0.15) is 5.76 Å². The van der Waals surface area contributed by atoms with E-state index in [2.05, 4.69) is 15.5 Å². The highest BCUT2D eigenvalue weighted by molar-refractivity contribution is 7.14. The molecule has 4 rings (SSSR count). The van der Waals surface area contributed by atoms with Gasteiger partial charge in [0.25, 0.3) is 0 Å². The molecule has 0 unspecified atom stereocenters. The maximum absolute atomic E-state index is 13.7. The number of furan rings is 1. The van der Waals surface area contributed by atoms with Gasteiger partial charge in [-0.3, -0.25) is 5.43 Å². The molecular weight excluding hydrogens is 491 g/mol. The lowest BCUT2D eigenvalue weighted by atomic mass is 10.2. The summed E-state index contributed by atoms with van der Waals surface area (Å²) in [5.41, 5.74) is 4.49. The van der Waals surface area contributed by atoms with Gasteiger partial charge in [-0.25, -0.2) is 9.37 Å². The summed E-state index contributed by atoms with van der Waals surface area (Å²) in [5, 5.41) is 7.66. The van der Waals surface area contributed by atoms with Gasteiger partial charge in [0.2, 0.25) is 5.13 Å². The Kier molecular flexibility index (Phi) is 6.32. The fraction of sp³-hybridized carbons (Fsp3) is 0. The number of nitrogens with zero attached hydrogens (tertiary/aromatic N) is 2. The molecule has 0 saturated carbocycles. The molecule has 0 aliphatic rings. The van der Waals surface area contributed by atoms with E-state index in [1.165, 1.54) is 29.7 Å². The van der Waals surface area contributed by atoms with Gasteiger partial charge in [0.15, 0.2) is 0 Å². The molecule has 0 spiro atoms. The van der Waals surface area contributed by atoms with Crippen LogP contribution in [0, 0.1) is 5.82 Å². The van der Waals surface area contributed by atoms with Crippen molar-refractivity contribution in [2.24, 2.45) is 5.10 Å². The summed E-state index contributed by atoms with van der Waals surface area (Å²) in [7, 11) is 0. The van der Waals surface area contributed by atoms with Crippen molar-refractivity contribution >= 4 is 69.1 Å². The quantitative estimate of drug-likeness (QED) is 0.170. The molecular formula is C20H10Cl4FN3OS. The van der Waals surface area contributed by atoms with E-state index < -0.39 is 5.82 Å². The second-order valence-corrected chi connectivity index (χ2v) is 8.50. The lowest BCUT2D eigenvalue weighted by Gasteiger charge is -2.02. The monoisotopic (exact) mass is 499 g/mol. The Bertz CT molecular complexity index is 1250. The van der Waals surface area contributed by atoms with Gasteiger partial charge in [0.05, 0.1) is 27.0 Å². The number of nitrogens with one attached hydrogen (secondary N) is 1. The molecule has 0 atom stereocenters. The van der Waals surface area contributed by atoms with Crippen molar-refractivity contribution in [1.82, 2.24) is 4.98 Å². The zero-order valence-electron chi connectivity index (χ0n) is 14.8. The van der Waals surface area contributed by atoms with Gasteiger partial charge in [0, 0.05) is 21.5 Å². The molecule has 4 aromatic rings. The fourth-order valence-corrected chi connectivity index (χ4v) is 4.22. The molecule has 30 heavy (non-hydrogen) atoms. The van der Waals surface area contributed by atoms with E-state index in [0.717, 1.165) is 5.56 Å². The Morgan fingerprint density at radius 2 is 1.77 bits per heavy atom. The highest BCUT2D eigenvalue weighted by Gasteiger charge is 2.12. The summed E-state index contributed by atoms with van der Waals surface area (Å²) in [6.45, 7) is 0. The molecule has 10 heteroatoms. The number of hydrogen-bond acceptors (Lipinski definition) is 5. The molecule has 0 saturated heterocycles. The first kappa shape index (κ1) is 21.2. The molecule has 2 aromatic carbocycles. The van der Waals surface area contributed by atoms with Crippen molar-refractivity contribution in [2.75, 3.05) is 5.43 Å². The number of anilines is 1. The first-order valence-corrected chi connectivity index (χ1v) is 10.7. The number of halogens is 5. The van der Waals surface area contributed by atoms with Crippen molar-refractivity contribution in [3.63, 3.8) is 0 Å². The number of aromatic nitrogens is 1. The van der Waals surface area contributed by atoms with E-state index in [4.69, 9.17) is 50.8 Å². The van der Waals surface area contributed by atoms with Crippen LogP contribution in [-0.4, -0.2) is 11.2 Å². The van der Waals surface area contributed by atoms with Gasteiger partial charge in [0.1, 0.15) is 17.3 Å². The first-order chi connectivity index (χ1) is 14.4. The largest absolute Gasteiger partial charge is 0.455 e. The molecule has 1 N–H and O–H groups in total. The van der Waals surface area contributed by atoms with Crippen LogP contribution in [0.15, 0.2) is 57.4 Å². The second kappa shape index (κ2) is 8.96. The number of hydrogen-bond donors (Lipinski definition) is 1. The van der Waals surface area contributed by atoms with Gasteiger partial charge in [-0.1, -0.05) is 46.4 Å². The molecule has 0 amide bonds. The summed E-state index contributed by atoms with van der Waals surface area (Å²) in [6.07, 6.45) is 1.50. The predicted octanol–water partition coefficient (Wildman–Crippen LogP) is 8.27. The Morgan fingerprint density at radius 1 is 0.967 bits per heavy atom. The molecule has 0 bridgehead atoms. The van der Waals surface area contributed by atoms with Gasteiger partial charge < -0.3 is 4.42 Å². The lowest BCUT2D eigenvalue weighted by molar-refractivity contribution is 0.575. The first-order valence-electron chi connectivity index (χ1n) is 8.35. The SMILES string of the molecule is Fc1cc(-c2csc(N/N=C/c3ccc(-c4ccc(Cl)cc4Cl)o3)n2)c(Cl)cc1Cl. The van der Waals surface area contributed by atoms with Gasteiger partial charge in [-0.05, 0) is 42.5 Å². The molecule has 152 valence electrons. The average Bonchev–Trinajstić information content (AvgIpc) is 3.35. The van der Waals surface area contributed by atoms with E-state index >= 15 is 0 Å². The Balaban J connectivity index is 1.46. The van der Waals surface area contributed by atoms with Crippen molar-refractivity contribution in [1.29, 1.82) is 0 Å². The topological polar surface area (TPSA) is 50.4 Å². The van der Waals surface area contributed by atoms with Crippen LogP contribution in [0.4, 0.5) is 9.52 Å². The Hall–Kier alpha value is -2.09. The summed E-state index contributed by atoms with van der Waals surface area (Å²) < 4.78 is 19.5. The smallest absolute Gasteiger partial charge is 0.203 e. The molecule has 0 radical (unpaired) electrons. The molecule has 2 aromatic heterocycles. The maximum atomic E-state index is 13.7. The van der Waals surface area contributed by atoms with E-state index in [1.54, 1.807) is 35.7 Å². The van der Waals surface area contributed by atoms with Crippen LogP contribution >= 0.6 is 57.7 Å².